The molecule has 38 heteroatoms. The molecular weight excluding hydrogens is 1700 g/mol. The number of rotatable bonds is 38. The minimum atomic E-state index is -1.13. The number of carbonyl (C=O) groups excluding carboxylic acids is 8. The van der Waals surface area contributed by atoms with Crippen LogP contribution in [0.4, 0.5) is 26.8 Å². The highest BCUT2D eigenvalue weighted by atomic mass is 79.9. The van der Waals surface area contributed by atoms with Crippen LogP contribution >= 0.6 is 43.2 Å². The van der Waals surface area contributed by atoms with Crippen LogP contribution < -0.4 is 63.3 Å². The summed E-state index contributed by atoms with van der Waals surface area (Å²) in [5, 5.41) is 51.7. The molecule has 0 saturated carbocycles. The lowest BCUT2D eigenvalue weighted by atomic mass is 9.91. The molecule has 120 heavy (non-hydrogen) atoms. The Morgan fingerprint density at radius 1 is 0.750 bits per heavy atom. The number of phenolic OH excluding ortho intramolecular Hbond substituents is 1. The molecule has 8 heterocycles. The number of amides is 9. The number of benzene rings is 3. The van der Waals surface area contributed by atoms with Crippen molar-refractivity contribution < 1.29 is 72.0 Å². The number of nitrogens with zero attached hydrogens (tertiary/aromatic N) is 11. The molecule has 35 nitrogen and oxygen atoms in total. The topological polar surface area (TPSA) is 437 Å². The lowest BCUT2D eigenvalue weighted by molar-refractivity contribution is -0.141. The van der Waals surface area contributed by atoms with E-state index in [9.17, 15) is 58.2 Å². The number of hydrogen-bond donors (Lipinski definition) is 9. The lowest BCUT2D eigenvalue weighted by Crippen LogP contribution is -2.61. The second kappa shape index (κ2) is 42.8. The first-order valence-electron chi connectivity index (χ1n) is 40.4. The van der Waals surface area contributed by atoms with Crippen LogP contribution in [-0.4, -0.2) is 237 Å². The Labute approximate surface area is 715 Å². The number of aliphatic hydroxyl groups is 1. The number of nitrogens with one attached hydrogen (secondary N) is 6. The van der Waals surface area contributed by atoms with Crippen molar-refractivity contribution in [2.24, 2.45) is 30.5 Å². The first kappa shape index (κ1) is 90.5. The molecule has 646 valence electrons. The number of halogens is 2. The maximum atomic E-state index is 14.4. The predicted molar refractivity (Wildman–Crippen MR) is 454 cm³/mol. The van der Waals surface area contributed by atoms with Crippen molar-refractivity contribution in [2.45, 2.75) is 142 Å². The molecule has 3 aromatic carbocycles. The van der Waals surface area contributed by atoms with E-state index in [2.05, 4.69) is 98.8 Å². The van der Waals surface area contributed by atoms with Gasteiger partial charge in [-0.3, -0.25) is 53.1 Å². The summed E-state index contributed by atoms with van der Waals surface area (Å²) in [5.41, 5.74) is 11.7. The summed E-state index contributed by atoms with van der Waals surface area (Å²) < 4.78 is 31.5. The number of primary amides is 1. The smallest absolute Gasteiger partial charge is 0.415 e. The van der Waals surface area contributed by atoms with Crippen molar-refractivity contribution in [2.75, 3.05) is 120 Å². The summed E-state index contributed by atoms with van der Waals surface area (Å²) in [5.74, 6) is -2.82. The molecule has 4 aromatic heterocycles. The van der Waals surface area contributed by atoms with Crippen LogP contribution in [0.5, 0.6) is 11.6 Å². The Morgan fingerprint density at radius 2 is 1.48 bits per heavy atom. The van der Waals surface area contributed by atoms with Crippen molar-refractivity contribution in [3.05, 3.63) is 143 Å². The maximum Gasteiger partial charge on any atom is 0.415 e. The Hall–Kier alpha value is -10.2. The van der Waals surface area contributed by atoms with Gasteiger partial charge in [0.1, 0.15) is 52.0 Å². The molecule has 0 radical (unpaired) electrons. The number of β-amino-alcohol motifs (C(OH)–C–C–N with tert-alkyl or cyclic N) is 1. The lowest BCUT2D eigenvalue weighted by Gasteiger charge is -2.48. The Balaban J connectivity index is 0.622. The molecule has 7 aromatic rings. The Bertz CT molecular complexity index is 4850. The number of piperazine rings is 1. The van der Waals surface area contributed by atoms with Crippen molar-refractivity contribution in [1.82, 2.24) is 71.0 Å². The van der Waals surface area contributed by atoms with Gasteiger partial charge in [-0.15, -0.1) is 21.5 Å². The van der Waals surface area contributed by atoms with Gasteiger partial charge in [-0.2, -0.15) is 0 Å². The number of carbonyl (C=O) groups is 8. The van der Waals surface area contributed by atoms with Gasteiger partial charge in [0.2, 0.25) is 35.4 Å². The van der Waals surface area contributed by atoms with Crippen LogP contribution in [-0.2, 0) is 63.2 Å². The number of phenols is 1. The van der Waals surface area contributed by atoms with Crippen LogP contribution in [0, 0.1) is 24.7 Å². The largest absolute Gasteiger partial charge is 0.507 e. The first-order valence-corrected chi connectivity index (χ1v) is 42.9. The molecule has 3 fully saturated rings. The predicted octanol–water partition coefficient (Wildman–Crippen LogP) is 6.31. The van der Waals surface area contributed by atoms with E-state index in [-0.39, 0.29) is 154 Å². The number of piperidine rings is 1. The van der Waals surface area contributed by atoms with Crippen LogP contribution in [0.25, 0.3) is 21.7 Å². The first-order chi connectivity index (χ1) is 57.6. The number of aryl methyl sites for hydroxylation is 1. The SMILES string of the molecule is Cc1ncsc1-c1ccc([C@H](C)NC(=O)[C@@H]2C[C@@H](O)CN2C(=O)[C@@H](c2cc(OCCN3CCC(CN4CCN5c6cc(-c7ccccc7O)nnc6N(C(=O)OCc6ccc(NC(=O)[C@H](CCCNC(N)=O)NC(=O)[C@@H](NC(=O)CCOCCOCCNC(=O)CCn7c(=O)c(Br)c(Br)c(=O)n7C)C(C)C)cc6)C[C@H]5C4)CC3)no2)C(C)C)cc1. The van der Waals surface area contributed by atoms with Crippen molar-refractivity contribution in [3.63, 3.8) is 0 Å². The van der Waals surface area contributed by atoms with E-state index in [4.69, 9.17) is 29.2 Å². The number of likely N-dealkylation sites (tertiary alicyclic amines) is 2. The quantitative estimate of drug-likeness (QED) is 0.0191. The summed E-state index contributed by atoms with van der Waals surface area (Å²) in [7, 11) is 1.43. The van der Waals surface area contributed by atoms with E-state index in [0.29, 0.717) is 71.9 Å². The molecule has 0 spiro atoms. The highest BCUT2D eigenvalue weighted by Crippen LogP contribution is 2.40. The maximum absolute atomic E-state index is 14.4. The van der Waals surface area contributed by atoms with E-state index in [1.54, 1.807) is 79.8 Å². The van der Waals surface area contributed by atoms with Gasteiger partial charge >= 0.3 is 12.1 Å². The van der Waals surface area contributed by atoms with E-state index in [1.165, 1.54) is 16.8 Å². The normalized spacial score (nSPS) is 17.3. The number of hydrogen-bond acceptors (Lipinski definition) is 25. The molecule has 0 unspecified atom stereocenters. The van der Waals surface area contributed by atoms with E-state index < -0.39 is 77.0 Å². The fourth-order valence-electron chi connectivity index (χ4n) is 15.2. The number of urea groups is 1. The molecule has 4 aliphatic heterocycles. The average molecular weight is 1810 g/mol. The summed E-state index contributed by atoms with van der Waals surface area (Å²) in [4.78, 5) is 148. The number of aliphatic hydroxyl groups excluding tert-OH is 1. The van der Waals surface area contributed by atoms with Crippen molar-refractivity contribution >= 4 is 108 Å². The molecule has 7 atom stereocenters. The number of ether oxygens (including phenoxy) is 4. The van der Waals surface area contributed by atoms with Gasteiger partial charge in [-0.25, -0.2) is 23.9 Å². The van der Waals surface area contributed by atoms with Crippen LogP contribution in [0.1, 0.15) is 114 Å². The van der Waals surface area contributed by atoms with E-state index >= 15 is 0 Å². The van der Waals surface area contributed by atoms with Crippen LogP contribution in [0.2, 0.25) is 0 Å². The molecule has 0 aliphatic carbocycles. The molecule has 4 aliphatic rings. The summed E-state index contributed by atoms with van der Waals surface area (Å²) in [6.07, 6.45) is 0.664. The summed E-state index contributed by atoms with van der Waals surface area (Å²) in [6, 6.07) is 20.6. The Morgan fingerprint density at radius 3 is 2.19 bits per heavy atom. The highest BCUT2D eigenvalue weighted by Gasteiger charge is 2.45. The molecular formula is C82H106Br2N18O17S. The van der Waals surface area contributed by atoms with Crippen LogP contribution in [0.3, 0.4) is 0 Å². The van der Waals surface area contributed by atoms with Gasteiger partial charge in [0.05, 0.1) is 85.2 Å². The van der Waals surface area contributed by atoms with Crippen molar-refractivity contribution in [3.8, 4) is 33.3 Å². The number of para-hydroxylation sites is 1. The second-order valence-corrected chi connectivity index (χ2v) is 33.5. The molecule has 9 amide bonds. The summed E-state index contributed by atoms with van der Waals surface area (Å²) >= 11 is 7.76. The second-order valence-electron chi connectivity index (χ2n) is 31.1. The number of fused-ring (bicyclic) bond motifs is 3. The number of thiazole rings is 1. The zero-order chi connectivity index (χ0) is 85.8. The van der Waals surface area contributed by atoms with E-state index in [1.807, 2.05) is 63.5 Å². The van der Waals surface area contributed by atoms with E-state index in [0.717, 1.165) is 70.1 Å². The van der Waals surface area contributed by atoms with Gasteiger partial charge in [-0.1, -0.05) is 76.2 Å². The van der Waals surface area contributed by atoms with Gasteiger partial charge in [0.15, 0.2) is 11.6 Å². The molecule has 10 N–H and O–H groups in total. The zero-order valence-electron chi connectivity index (χ0n) is 68.3. The molecule has 0 bridgehead atoms. The third-order valence-electron chi connectivity index (χ3n) is 21.8. The molecule has 11 rings (SSSR count). The van der Waals surface area contributed by atoms with Gasteiger partial charge < -0.3 is 81.1 Å². The van der Waals surface area contributed by atoms with Crippen LogP contribution in [0.15, 0.2) is 113 Å². The third kappa shape index (κ3) is 23.9. The van der Waals surface area contributed by atoms with Crippen molar-refractivity contribution in [1.29, 1.82) is 0 Å². The summed E-state index contributed by atoms with van der Waals surface area (Å²) in [6.45, 7) is 17.5. The van der Waals surface area contributed by atoms with Gasteiger partial charge in [0, 0.05) is 96.0 Å². The highest BCUT2D eigenvalue weighted by molar-refractivity contribution is 9.13. The fourth-order valence-corrected chi connectivity index (χ4v) is 16.8. The monoisotopic (exact) mass is 1800 g/mol. The zero-order valence-corrected chi connectivity index (χ0v) is 72.3. The minimum Gasteiger partial charge on any atom is -0.507 e. The Kier molecular flexibility index (Phi) is 32.3. The standard InChI is InChI=1S/C82H106Br2N18O17S/c1-48(2)69(78(110)100-45-58(103)39-63(100)76(108)89-50(5)54-16-18-55(19-17-54)73-51(6)88-47-120-73)65-41-68(95-119-65)117-36-33-97-28-22-52(23-29-97)42-98-31-32-99-57(43-98)44-101(74-62(99)40-61(93-94-74)59-11-8-9-13-64(59)104)82(114)118-46-53-14-20-56(21-15-53)90-75(107)60(12-10-26-87-81(85)113)91-77(109)72(49(3)4)92-67(106)25-34-115-37-38-116-35-27-86-66(105)24-30-102-80(112)71(84)70(83)79(111)96(102)7/h8-9,11,13-21,40-41,47-50,52,57-58,60,63,69,72,103-104H,10,12,22-39,42-46H2,1-7H3,(H,86,105)(H,89,108)(H,90,107)(H,91,109)(H,92,106)(H3,85,87,113)/t50-,57+,58+,60-,63-,69+,72-/m0/s1. The third-order valence-corrected chi connectivity index (χ3v) is 24.8. The number of nitrogens with two attached hydrogens (primary N) is 1. The fraction of sp³-hybridized carbons (Fsp3) is 0.512. The molecule has 3 saturated heterocycles. The van der Waals surface area contributed by atoms with Gasteiger partial charge in [0.25, 0.3) is 17.0 Å². The number of aromatic nitrogens is 6. The minimum absolute atomic E-state index is 0.00129. The van der Waals surface area contributed by atoms with Gasteiger partial charge in [-0.05, 0) is 154 Å². The number of aromatic hydroxyl groups is 1. The average Bonchev–Trinajstić information content (AvgIpc) is 0.891. The number of anilines is 3.